The summed E-state index contributed by atoms with van der Waals surface area (Å²) in [5.41, 5.74) is 0. The molecule has 0 saturated carbocycles. The largest absolute Gasteiger partial charge is 0.370 e. The van der Waals surface area contributed by atoms with Crippen LogP contribution >= 0.6 is 0 Å². The highest BCUT2D eigenvalue weighted by atomic mass is 15.2. The van der Waals surface area contributed by atoms with Crippen molar-refractivity contribution in [1.82, 2.24) is 9.97 Å². The lowest BCUT2D eigenvalue weighted by Gasteiger charge is -2.17. The molecule has 0 spiro atoms. The van der Waals surface area contributed by atoms with Crippen LogP contribution in [0.25, 0.3) is 0 Å². The molecule has 0 atom stereocenters. The van der Waals surface area contributed by atoms with Gasteiger partial charge in [0.15, 0.2) is 0 Å². The lowest BCUT2D eigenvalue weighted by molar-refractivity contribution is 0.606. The van der Waals surface area contributed by atoms with Gasteiger partial charge in [0.2, 0.25) is 5.95 Å². The lowest BCUT2D eigenvalue weighted by atomic mass is 10.1. The van der Waals surface area contributed by atoms with Gasteiger partial charge in [0.05, 0.1) is 0 Å². The Bertz CT molecular complexity index is 338. The van der Waals surface area contributed by atoms with Crippen molar-refractivity contribution >= 4 is 11.8 Å². The predicted molar refractivity (Wildman–Crippen MR) is 78.2 cm³/mol. The number of rotatable bonds is 8. The van der Waals surface area contributed by atoms with E-state index in [-0.39, 0.29) is 0 Å². The van der Waals surface area contributed by atoms with Crippen LogP contribution in [-0.4, -0.2) is 30.1 Å². The van der Waals surface area contributed by atoms with Crippen molar-refractivity contribution in [3.05, 3.63) is 12.3 Å². The minimum absolute atomic E-state index is 0.714. The molecule has 102 valence electrons. The fourth-order valence-corrected chi connectivity index (χ4v) is 1.61. The quantitative estimate of drug-likeness (QED) is 0.769. The van der Waals surface area contributed by atoms with E-state index in [4.69, 9.17) is 0 Å². The van der Waals surface area contributed by atoms with Crippen LogP contribution in [0.3, 0.4) is 0 Å². The van der Waals surface area contributed by atoms with Crippen molar-refractivity contribution in [1.29, 1.82) is 0 Å². The summed E-state index contributed by atoms with van der Waals surface area (Å²) in [4.78, 5) is 10.9. The van der Waals surface area contributed by atoms with Gasteiger partial charge in [-0.25, -0.2) is 4.98 Å². The third kappa shape index (κ3) is 5.34. The molecule has 0 radical (unpaired) electrons. The van der Waals surface area contributed by atoms with Gasteiger partial charge in [-0.2, -0.15) is 4.98 Å². The molecule has 1 aromatic rings. The molecule has 0 unspecified atom stereocenters. The Hall–Kier alpha value is -1.32. The Balaban J connectivity index is 2.50. The van der Waals surface area contributed by atoms with Crippen LogP contribution in [0.5, 0.6) is 0 Å². The van der Waals surface area contributed by atoms with Gasteiger partial charge in [-0.15, -0.1) is 0 Å². The highest BCUT2D eigenvalue weighted by Crippen LogP contribution is 2.10. The summed E-state index contributed by atoms with van der Waals surface area (Å²) in [6.07, 6.45) is 5.34. The zero-order valence-electron chi connectivity index (χ0n) is 12.1. The Morgan fingerprint density at radius 2 is 2.17 bits per heavy atom. The maximum Gasteiger partial charge on any atom is 0.226 e. The topological polar surface area (TPSA) is 41.1 Å². The molecule has 0 aliphatic rings. The molecule has 4 heteroatoms. The van der Waals surface area contributed by atoms with Crippen molar-refractivity contribution in [2.24, 2.45) is 5.92 Å². The number of hydrogen-bond donors (Lipinski definition) is 1. The maximum absolute atomic E-state index is 4.53. The fourth-order valence-electron chi connectivity index (χ4n) is 1.61. The molecule has 0 fully saturated rings. The number of aromatic nitrogens is 2. The van der Waals surface area contributed by atoms with Crippen molar-refractivity contribution in [2.45, 2.75) is 40.0 Å². The van der Waals surface area contributed by atoms with E-state index in [0.29, 0.717) is 5.92 Å². The number of nitrogens with zero attached hydrogens (tertiary/aromatic N) is 3. The normalized spacial score (nSPS) is 10.7. The zero-order chi connectivity index (χ0) is 13.4. The molecule has 1 rings (SSSR count). The molecule has 0 aliphatic carbocycles. The number of unbranched alkanes of at least 4 members (excludes halogenated alkanes) is 1. The van der Waals surface area contributed by atoms with E-state index >= 15 is 0 Å². The zero-order valence-corrected chi connectivity index (χ0v) is 12.1. The first-order chi connectivity index (χ1) is 8.63. The Morgan fingerprint density at radius 1 is 1.39 bits per heavy atom. The number of nitrogens with one attached hydrogen (secondary N) is 1. The standard InChI is InChI=1S/C14H26N4/c1-5-6-11-18(4)14-16-10-8-13(17-14)15-9-7-12(2)3/h8,10,12H,5-7,9,11H2,1-4H3,(H,15,16,17). The lowest BCUT2D eigenvalue weighted by Crippen LogP contribution is -2.21. The van der Waals surface area contributed by atoms with Gasteiger partial charge in [0.1, 0.15) is 5.82 Å². The monoisotopic (exact) mass is 250 g/mol. The molecule has 1 N–H and O–H groups in total. The summed E-state index contributed by atoms with van der Waals surface area (Å²) < 4.78 is 0. The molecule has 4 nitrogen and oxygen atoms in total. The van der Waals surface area contributed by atoms with Crippen LogP contribution in [0.4, 0.5) is 11.8 Å². The molecule has 18 heavy (non-hydrogen) atoms. The van der Waals surface area contributed by atoms with Crippen molar-refractivity contribution < 1.29 is 0 Å². The van der Waals surface area contributed by atoms with Crippen LogP contribution in [0.15, 0.2) is 12.3 Å². The molecular weight excluding hydrogens is 224 g/mol. The van der Waals surface area contributed by atoms with Crippen LogP contribution in [0, 0.1) is 5.92 Å². The summed E-state index contributed by atoms with van der Waals surface area (Å²) >= 11 is 0. The van der Waals surface area contributed by atoms with Crippen LogP contribution < -0.4 is 10.2 Å². The molecule has 1 heterocycles. The van der Waals surface area contributed by atoms with Gasteiger partial charge < -0.3 is 10.2 Å². The smallest absolute Gasteiger partial charge is 0.226 e. The average molecular weight is 250 g/mol. The van der Waals surface area contributed by atoms with Gasteiger partial charge in [0.25, 0.3) is 0 Å². The third-order valence-corrected chi connectivity index (χ3v) is 2.86. The molecule has 0 bridgehead atoms. The van der Waals surface area contributed by atoms with Crippen molar-refractivity contribution in [3.8, 4) is 0 Å². The molecule has 1 aromatic heterocycles. The van der Waals surface area contributed by atoms with Gasteiger partial charge in [-0.05, 0) is 24.8 Å². The SMILES string of the molecule is CCCCN(C)c1nccc(NCCC(C)C)n1. The second-order valence-corrected chi connectivity index (χ2v) is 5.13. The third-order valence-electron chi connectivity index (χ3n) is 2.86. The maximum atomic E-state index is 4.53. The van der Waals surface area contributed by atoms with Gasteiger partial charge in [-0.1, -0.05) is 27.2 Å². The molecule has 0 aromatic carbocycles. The van der Waals surface area contributed by atoms with Crippen molar-refractivity contribution in [2.75, 3.05) is 30.4 Å². The summed E-state index contributed by atoms with van der Waals surface area (Å²) in [7, 11) is 2.04. The van der Waals surface area contributed by atoms with Gasteiger partial charge >= 0.3 is 0 Å². The van der Waals surface area contributed by atoms with E-state index < -0.39 is 0 Å². The van der Waals surface area contributed by atoms with Crippen molar-refractivity contribution in [3.63, 3.8) is 0 Å². The molecule has 0 saturated heterocycles. The average Bonchev–Trinajstić information content (AvgIpc) is 2.36. The van der Waals surface area contributed by atoms with E-state index in [2.05, 4.69) is 41.0 Å². The fraction of sp³-hybridized carbons (Fsp3) is 0.714. The summed E-state index contributed by atoms with van der Waals surface area (Å²) in [5.74, 6) is 2.44. The van der Waals surface area contributed by atoms with Crippen LogP contribution in [0.2, 0.25) is 0 Å². The second kappa shape index (κ2) is 7.90. The van der Waals surface area contributed by atoms with Gasteiger partial charge in [0, 0.05) is 26.3 Å². The van der Waals surface area contributed by atoms with Crippen LogP contribution in [-0.2, 0) is 0 Å². The first-order valence-corrected chi connectivity index (χ1v) is 6.91. The van der Waals surface area contributed by atoms with E-state index in [1.165, 1.54) is 12.8 Å². The van der Waals surface area contributed by atoms with E-state index in [9.17, 15) is 0 Å². The minimum Gasteiger partial charge on any atom is -0.370 e. The first kappa shape index (κ1) is 14.7. The number of hydrogen-bond acceptors (Lipinski definition) is 4. The van der Waals surface area contributed by atoms with Gasteiger partial charge in [-0.3, -0.25) is 0 Å². The number of anilines is 2. The minimum atomic E-state index is 0.714. The highest BCUT2D eigenvalue weighted by molar-refractivity contribution is 5.40. The van der Waals surface area contributed by atoms with E-state index in [1.54, 1.807) is 0 Å². The second-order valence-electron chi connectivity index (χ2n) is 5.13. The molecular formula is C14H26N4. The Kier molecular flexibility index (Phi) is 6.47. The summed E-state index contributed by atoms with van der Waals surface area (Å²) in [6, 6.07) is 1.93. The van der Waals surface area contributed by atoms with E-state index in [1.807, 2.05) is 19.3 Å². The first-order valence-electron chi connectivity index (χ1n) is 6.91. The predicted octanol–water partition coefficient (Wildman–Crippen LogP) is 3.17. The molecule has 0 aliphatic heterocycles. The molecule has 0 amide bonds. The van der Waals surface area contributed by atoms with Crippen LogP contribution in [0.1, 0.15) is 40.0 Å². The van der Waals surface area contributed by atoms with E-state index in [0.717, 1.165) is 31.3 Å². The summed E-state index contributed by atoms with van der Waals surface area (Å²) in [6.45, 7) is 8.62. The Labute approximate surface area is 111 Å². The summed E-state index contributed by atoms with van der Waals surface area (Å²) in [5, 5.41) is 3.35. The highest BCUT2D eigenvalue weighted by Gasteiger charge is 2.04. The Morgan fingerprint density at radius 3 is 2.83 bits per heavy atom.